The van der Waals surface area contributed by atoms with E-state index in [4.69, 9.17) is 0 Å². The molecule has 0 bridgehead atoms. The molecule has 0 atom stereocenters. The van der Waals surface area contributed by atoms with Gasteiger partial charge in [0.2, 0.25) is 5.91 Å². The molecular weight excluding hydrogens is 509 g/mol. The van der Waals surface area contributed by atoms with E-state index in [0.717, 1.165) is 6.42 Å². The maximum atomic E-state index is 12.4. The first-order chi connectivity index (χ1) is 14.4. The van der Waals surface area contributed by atoms with Crippen LogP contribution in [-0.4, -0.2) is 84.7 Å². The molecule has 31 heavy (non-hydrogen) atoms. The minimum atomic E-state index is -0.220. The minimum absolute atomic E-state index is 0. The molecule has 1 aliphatic rings. The molecule has 0 saturated carbocycles. The van der Waals surface area contributed by atoms with Crippen LogP contribution in [0.1, 0.15) is 54.3 Å². The maximum absolute atomic E-state index is 12.4. The summed E-state index contributed by atoms with van der Waals surface area (Å²) >= 11 is 0. The molecule has 172 valence electrons. The van der Waals surface area contributed by atoms with Crippen LogP contribution in [0.5, 0.6) is 0 Å². The molecule has 9 heteroatoms. The Labute approximate surface area is 202 Å². The van der Waals surface area contributed by atoms with Gasteiger partial charge in [-0.2, -0.15) is 0 Å². The number of halogens is 1. The van der Waals surface area contributed by atoms with Crippen LogP contribution in [0.4, 0.5) is 0 Å². The summed E-state index contributed by atoms with van der Waals surface area (Å²) in [4.78, 5) is 46.6. The molecule has 1 aromatic carbocycles. The number of carbonyl (C=O) groups is 3. The Morgan fingerprint density at radius 3 is 2.13 bits per heavy atom. The lowest BCUT2D eigenvalue weighted by Gasteiger charge is -2.25. The highest BCUT2D eigenvalue weighted by Gasteiger charge is 2.34. The van der Waals surface area contributed by atoms with Crippen LogP contribution in [0.25, 0.3) is 0 Å². The molecule has 8 nitrogen and oxygen atoms in total. The van der Waals surface area contributed by atoms with Gasteiger partial charge in [-0.1, -0.05) is 12.1 Å². The highest BCUT2D eigenvalue weighted by atomic mass is 127. The van der Waals surface area contributed by atoms with Crippen molar-refractivity contribution in [2.24, 2.45) is 4.99 Å². The first-order valence-electron chi connectivity index (χ1n) is 10.7. The van der Waals surface area contributed by atoms with Gasteiger partial charge in [0.05, 0.1) is 17.7 Å². The van der Waals surface area contributed by atoms with E-state index in [1.807, 2.05) is 32.7 Å². The smallest absolute Gasteiger partial charge is 0.261 e. The van der Waals surface area contributed by atoms with Crippen molar-refractivity contribution in [2.45, 2.75) is 33.6 Å². The van der Waals surface area contributed by atoms with Crippen LogP contribution >= 0.6 is 24.0 Å². The van der Waals surface area contributed by atoms with E-state index < -0.39 is 0 Å². The molecule has 2 rings (SSSR count). The van der Waals surface area contributed by atoms with E-state index in [-0.39, 0.29) is 48.2 Å². The first-order valence-corrected chi connectivity index (χ1v) is 10.7. The number of nitrogens with one attached hydrogen (secondary N) is 1. The predicted octanol–water partition coefficient (Wildman–Crippen LogP) is 2.45. The van der Waals surface area contributed by atoms with Gasteiger partial charge in [0, 0.05) is 39.8 Å². The van der Waals surface area contributed by atoms with Crippen molar-refractivity contribution >= 4 is 47.7 Å². The SMILES string of the molecule is CCNC(=NCCCCN1C(=O)c2ccccc2C1=O)N(C)CC(=O)N(CC)CC.I. The Morgan fingerprint density at radius 1 is 1.03 bits per heavy atom. The number of amides is 3. The third-order valence-corrected chi connectivity index (χ3v) is 5.11. The zero-order valence-electron chi connectivity index (χ0n) is 18.9. The summed E-state index contributed by atoms with van der Waals surface area (Å²) in [5, 5.41) is 3.21. The molecule has 3 amide bonds. The van der Waals surface area contributed by atoms with E-state index in [2.05, 4.69) is 10.3 Å². The Morgan fingerprint density at radius 2 is 1.61 bits per heavy atom. The van der Waals surface area contributed by atoms with Crippen molar-refractivity contribution in [3.05, 3.63) is 35.4 Å². The topological polar surface area (TPSA) is 85.3 Å². The van der Waals surface area contributed by atoms with Crippen LogP contribution in [0, 0.1) is 0 Å². The standard InChI is InChI=1S/C22H33N5O3.HI/c1-5-23-22(25(4)16-19(28)26(6-2)7-3)24-14-10-11-15-27-20(29)17-12-8-9-13-18(17)21(27)30;/h8-9,12-13H,5-7,10-11,14-16H2,1-4H3,(H,23,24);1H. The van der Waals surface area contributed by atoms with E-state index in [1.165, 1.54) is 4.90 Å². The largest absolute Gasteiger partial charge is 0.357 e. The summed E-state index contributed by atoms with van der Waals surface area (Å²) in [7, 11) is 1.85. The summed E-state index contributed by atoms with van der Waals surface area (Å²) in [6.45, 7) is 9.20. The third kappa shape index (κ3) is 6.91. The molecule has 1 heterocycles. The third-order valence-electron chi connectivity index (χ3n) is 5.11. The van der Waals surface area contributed by atoms with Crippen molar-refractivity contribution in [3.63, 3.8) is 0 Å². The zero-order valence-corrected chi connectivity index (χ0v) is 21.2. The number of hydrogen-bond donors (Lipinski definition) is 1. The number of hydrogen-bond acceptors (Lipinski definition) is 4. The fourth-order valence-corrected chi connectivity index (χ4v) is 3.43. The van der Waals surface area contributed by atoms with Gasteiger partial charge in [-0.25, -0.2) is 0 Å². The van der Waals surface area contributed by atoms with Gasteiger partial charge in [0.15, 0.2) is 5.96 Å². The Balaban J connectivity index is 0.00000480. The summed E-state index contributed by atoms with van der Waals surface area (Å²) in [5.41, 5.74) is 0.962. The summed E-state index contributed by atoms with van der Waals surface area (Å²) in [6.07, 6.45) is 1.41. The second kappa shape index (κ2) is 13.3. The average Bonchev–Trinajstić information content (AvgIpc) is 2.98. The van der Waals surface area contributed by atoms with Crippen molar-refractivity contribution in [1.29, 1.82) is 0 Å². The molecule has 0 aliphatic carbocycles. The number of likely N-dealkylation sites (N-methyl/N-ethyl adjacent to an activating group) is 2. The number of aliphatic imine (C=N–C) groups is 1. The lowest BCUT2D eigenvalue weighted by atomic mass is 10.1. The highest BCUT2D eigenvalue weighted by Crippen LogP contribution is 2.22. The van der Waals surface area contributed by atoms with E-state index in [9.17, 15) is 14.4 Å². The molecule has 1 N–H and O–H groups in total. The molecular formula is C22H34IN5O3. The minimum Gasteiger partial charge on any atom is -0.357 e. The van der Waals surface area contributed by atoms with Gasteiger partial charge in [0.1, 0.15) is 0 Å². The van der Waals surface area contributed by atoms with E-state index in [0.29, 0.717) is 56.2 Å². The van der Waals surface area contributed by atoms with Gasteiger partial charge in [-0.05, 0) is 45.7 Å². The number of rotatable bonds is 10. The number of fused-ring (bicyclic) bond motifs is 1. The van der Waals surface area contributed by atoms with E-state index >= 15 is 0 Å². The first kappa shape index (κ1) is 26.9. The van der Waals surface area contributed by atoms with Gasteiger partial charge >= 0.3 is 0 Å². The lowest BCUT2D eigenvalue weighted by molar-refractivity contribution is -0.131. The number of guanidine groups is 1. The van der Waals surface area contributed by atoms with Crippen LogP contribution in [0.2, 0.25) is 0 Å². The number of benzene rings is 1. The number of nitrogens with zero attached hydrogens (tertiary/aromatic N) is 4. The molecule has 0 fully saturated rings. The normalized spacial score (nSPS) is 13.0. The van der Waals surface area contributed by atoms with Crippen LogP contribution in [-0.2, 0) is 4.79 Å². The lowest BCUT2D eigenvalue weighted by Crippen LogP contribution is -2.45. The molecule has 1 aromatic rings. The summed E-state index contributed by atoms with van der Waals surface area (Å²) < 4.78 is 0. The monoisotopic (exact) mass is 543 g/mol. The van der Waals surface area contributed by atoms with Crippen LogP contribution in [0.15, 0.2) is 29.3 Å². The molecule has 1 aliphatic heterocycles. The molecule has 0 spiro atoms. The highest BCUT2D eigenvalue weighted by molar-refractivity contribution is 14.0. The Kier molecular flexibility index (Phi) is 11.5. The van der Waals surface area contributed by atoms with Gasteiger partial charge in [-0.3, -0.25) is 24.3 Å². The fraction of sp³-hybridized carbons (Fsp3) is 0.545. The molecule has 0 saturated heterocycles. The molecule has 0 aromatic heterocycles. The van der Waals surface area contributed by atoms with Crippen LogP contribution < -0.4 is 5.32 Å². The quantitative estimate of drug-likeness (QED) is 0.161. The van der Waals surface area contributed by atoms with Gasteiger partial charge in [-0.15, -0.1) is 24.0 Å². The Hall–Kier alpha value is -2.17. The average molecular weight is 543 g/mol. The molecule has 0 radical (unpaired) electrons. The van der Waals surface area contributed by atoms with Crippen LogP contribution in [0.3, 0.4) is 0 Å². The van der Waals surface area contributed by atoms with Gasteiger partial charge < -0.3 is 15.1 Å². The predicted molar refractivity (Wildman–Crippen MR) is 133 cm³/mol. The van der Waals surface area contributed by atoms with Gasteiger partial charge in [0.25, 0.3) is 11.8 Å². The number of imide groups is 1. The van der Waals surface area contributed by atoms with Crippen molar-refractivity contribution in [1.82, 2.24) is 20.0 Å². The zero-order chi connectivity index (χ0) is 22.1. The summed E-state index contributed by atoms with van der Waals surface area (Å²) in [6, 6.07) is 6.92. The summed E-state index contributed by atoms with van der Waals surface area (Å²) in [5.74, 6) is 0.307. The molecule has 0 unspecified atom stereocenters. The number of unbranched alkanes of at least 4 members (excludes halogenated alkanes) is 1. The van der Waals surface area contributed by atoms with Crippen molar-refractivity contribution in [2.75, 3.05) is 46.3 Å². The maximum Gasteiger partial charge on any atom is 0.261 e. The van der Waals surface area contributed by atoms with Crippen molar-refractivity contribution in [3.8, 4) is 0 Å². The van der Waals surface area contributed by atoms with E-state index in [1.54, 1.807) is 29.2 Å². The van der Waals surface area contributed by atoms with Crippen molar-refractivity contribution < 1.29 is 14.4 Å². The second-order valence-corrected chi connectivity index (χ2v) is 7.17. The fourth-order valence-electron chi connectivity index (χ4n) is 3.43. The second-order valence-electron chi connectivity index (χ2n) is 7.17. The Bertz CT molecular complexity index is 760. The number of carbonyl (C=O) groups excluding carboxylic acids is 3.